The number of aliphatic hydroxyl groups excluding tert-OH is 1. The summed E-state index contributed by atoms with van der Waals surface area (Å²) in [5.74, 6) is 0.0358. The average Bonchev–Trinajstić information content (AvgIpc) is 2.73. The van der Waals surface area contributed by atoms with Crippen molar-refractivity contribution in [2.75, 3.05) is 0 Å². The van der Waals surface area contributed by atoms with Gasteiger partial charge in [0.25, 0.3) is 0 Å². The summed E-state index contributed by atoms with van der Waals surface area (Å²) in [6.45, 7) is 5.52. The van der Waals surface area contributed by atoms with E-state index in [4.69, 9.17) is 0 Å². The van der Waals surface area contributed by atoms with Gasteiger partial charge in [0.15, 0.2) is 5.78 Å². The monoisotopic (exact) mass is 184 g/mol. The Hall–Kier alpha value is -0.410. The normalized spacial score (nSPS) is 54.2. The smallest absolute Gasteiger partial charge is 0.171 e. The van der Waals surface area contributed by atoms with Crippen molar-refractivity contribution in [3.63, 3.8) is 0 Å². The standard InChI is InChI=1S/C10H16O3/c1-5(2)10-4-6(10)9(3,13)7(11)8(10)12/h5-7,11,13H,4H2,1-3H3/t6-,7+,9-,10+/m0/s1. The number of carbonyl (C=O) groups is 1. The van der Waals surface area contributed by atoms with Crippen LogP contribution in [0.4, 0.5) is 0 Å². The van der Waals surface area contributed by atoms with E-state index in [-0.39, 0.29) is 17.6 Å². The molecule has 3 nitrogen and oxygen atoms in total. The number of hydrogen-bond acceptors (Lipinski definition) is 3. The number of hydrogen-bond donors (Lipinski definition) is 2. The molecule has 74 valence electrons. The molecule has 3 heteroatoms. The maximum absolute atomic E-state index is 11.7. The lowest BCUT2D eigenvalue weighted by Gasteiger charge is -2.22. The highest BCUT2D eigenvalue weighted by Gasteiger charge is 2.76. The molecule has 2 aliphatic rings. The van der Waals surface area contributed by atoms with Crippen molar-refractivity contribution in [1.82, 2.24) is 0 Å². The predicted molar refractivity (Wildman–Crippen MR) is 47.0 cm³/mol. The quantitative estimate of drug-likeness (QED) is 0.618. The first-order valence-corrected chi connectivity index (χ1v) is 4.80. The molecule has 0 aromatic carbocycles. The molecule has 0 spiro atoms. The Bertz CT molecular complexity index is 269. The fourth-order valence-electron chi connectivity index (χ4n) is 2.91. The largest absolute Gasteiger partial charge is 0.387 e. The number of aliphatic hydroxyl groups is 2. The van der Waals surface area contributed by atoms with E-state index in [1.807, 2.05) is 13.8 Å². The molecule has 2 fully saturated rings. The van der Waals surface area contributed by atoms with Crippen molar-refractivity contribution in [3.8, 4) is 0 Å². The first kappa shape index (κ1) is 9.16. The minimum absolute atomic E-state index is 0.0255. The maximum Gasteiger partial charge on any atom is 0.171 e. The molecule has 2 saturated carbocycles. The van der Waals surface area contributed by atoms with Crippen LogP contribution in [-0.2, 0) is 4.79 Å². The molecule has 0 bridgehead atoms. The minimum atomic E-state index is -1.19. The van der Waals surface area contributed by atoms with E-state index in [9.17, 15) is 15.0 Å². The Labute approximate surface area is 77.8 Å². The van der Waals surface area contributed by atoms with Crippen LogP contribution in [0.1, 0.15) is 27.2 Å². The number of ketones is 1. The van der Waals surface area contributed by atoms with Crippen LogP contribution in [0.25, 0.3) is 0 Å². The van der Waals surface area contributed by atoms with Gasteiger partial charge in [-0.3, -0.25) is 4.79 Å². The second kappa shape index (κ2) is 2.15. The zero-order valence-electron chi connectivity index (χ0n) is 8.24. The third kappa shape index (κ3) is 0.796. The fraction of sp³-hybridized carbons (Fsp3) is 0.900. The lowest BCUT2D eigenvalue weighted by Crippen LogP contribution is -2.41. The molecule has 13 heavy (non-hydrogen) atoms. The molecule has 2 aliphatic carbocycles. The molecule has 0 unspecified atom stereocenters. The number of carbonyl (C=O) groups excluding carboxylic acids is 1. The molecule has 0 aromatic rings. The van der Waals surface area contributed by atoms with Crippen molar-refractivity contribution < 1.29 is 15.0 Å². The van der Waals surface area contributed by atoms with E-state index in [0.717, 1.165) is 6.42 Å². The van der Waals surface area contributed by atoms with E-state index in [0.29, 0.717) is 0 Å². The third-order valence-electron chi connectivity index (χ3n) is 4.00. The van der Waals surface area contributed by atoms with Crippen molar-refractivity contribution in [2.24, 2.45) is 17.3 Å². The number of Topliss-reactive ketones (excluding diaryl/α,β-unsaturated/α-hetero) is 1. The average molecular weight is 184 g/mol. The van der Waals surface area contributed by atoms with E-state index in [2.05, 4.69) is 0 Å². The molecule has 2 rings (SSSR count). The van der Waals surface area contributed by atoms with E-state index < -0.39 is 17.1 Å². The number of fused-ring (bicyclic) bond motifs is 1. The van der Waals surface area contributed by atoms with E-state index >= 15 is 0 Å². The van der Waals surface area contributed by atoms with Crippen LogP contribution in [0.3, 0.4) is 0 Å². The minimum Gasteiger partial charge on any atom is -0.387 e. The van der Waals surface area contributed by atoms with Crippen molar-refractivity contribution >= 4 is 5.78 Å². The molecule has 0 aliphatic heterocycles. The van der Waals surface area contributed by atoms with Crippen molar-refractivity contribution in [2.45, 2.75) is 38.9 Å². The Balaban J connectivity index is 2.38. The molecule has 0 radical (unpaired) electrons. The zero-order valence-corrected chi connectivity index (χ0v) is 8.24. The molecule has 0 heterocycles. The summed E-state index contributed by atoms with van der Waals surface area (Å²) in [6, 6.07) is 0. The van der Waals surface area contributed by atoms with Gasteiger partial charge < -0.3 is 10.2 Å². The van der Waals surface area contributed by atoms with Crippen LogP contribution < -0.4 is 0 Å². The van der Waals surface area contributed by atoms with Gasteiger partial charge in [-0.25, -0.2) is 0 Å². The Morgan fingerprint density at radius 1 is 1.54 bits per heavy atom. The van der Waals surface area contributed by atoms with Gasteiger partial charge in [0.2, 0.25) is 0 Å². The molecule has 0 aromatic heterocycles. The van der Waals surface area contributed by atoms with Crippen LogP contribution in [0, 0.1) is 17.3 Å². The summed E-state index contributed by atoms with van der Waals surface area (Å²) < 4.78 is 0. The lowest BCUT2D eigenvalue weighted by molar-refractivity contribution is -0.138. The maximum atomic E-state index is 11.7. The van der Waals surface area contributed by atoms with Crippen LogP contribution in [-0.4, -0.2) is 27.7 Å². The van der Waals surface area contributed by atoms with Crippen LogP contribution in [0.15, 0.2) is 0 Å². The van der Waals surface area contributed by atoms with Gasteiger partial charge in [0.1, 0.15) is 6.10 Å². The summed E-state index contributed by atoms with van der Waals surface area (Å²) in [6.07, 6.45) is -0.429. The molecular weight excluding hydrogens is 168 g/mol. The van der Waals surface area contributed by atoms with Gasteiger partial charge in [-0.1, -0.05) is 13.8 Å². The molecule has 0 saturated heterocycles. The van der Waals surface area contributed by atoms with Gasteiger partial charge in [0, 0.05) is 11.3 Å². The summed E-state index contributed by atoms with van der Waals surface area (Å²) in [4.78, 5) is 11.7. The summed E-state index contributed by atoms with van der Waals surface area (Å²) in [5.41, 5.74) is -1.61. The molecule has 0 amide bonds. The third-order valence-corrected chi connectivity index (χ3v) is 4.00. The zero-order chi connectivity index (χ0) is 10.0. The van der Waals surface area contributed by atoms with Gasteiger partial charge >= 0.3 is 0 Å². The molecule has 4 atom stereocenters. The Morgan fingerprint density at radius 2 is 2.08 bits per heavy atom. The highest BCUT2D eigenvalue weighted by molar-refractivity contribution is 5.96. The Morgan fingerprint density at radius 3 is 2.31 bits per heavy atom. The summed E-state index contributed by atoms with van der Waals surface area (Å²) in [5, 5.41) is 19.4. The van der Waals surface area contributed by atoms with E-state index in [1.165, 1.54) is 0 Å². The van der Waals surface area contributed by atoms with Gasteiger partial charge in [0.05, 0.1) is 5.60 Å². The lowest BCUT2D eigenvalue weighted by atomic mass is 9.88. The van der Waals surface area contributed by atoms with Gasteiger partial charge in [-0.2, -0.15) is 0 Å². The molecule has 2 N–H and O–H groups in total. The van der Waals surface area contributed by atoms with Crippen LogP contribution in [0.2, 0.25) is 0 Å². The highest BCUT2D eigenvalue weighted by atomic mass is 16.4. The Kier molecular flexibility index (Phi) is 1.51. The van der Waals surface area contributed by atoms with Crippen LogP contribution >= 0.6 is 0 Å². The number of rotatable bonds is 1. The van der Waals surface area contributed by atoms with Crippen molar-refractivity contribution in [1.29, 1.82) is 0 Å². The topological polar surface area (TPSA) is 57.5 Å². The first-order chi connectivity index (χ1) is 5.85. The predicted octanol–water partition coefficient (Wildman–Crippen LogP) is 0.343. The highest BCUT2D eigenvalue weighted by Crippen LogP contribution is 2.68. The summed E-state index contributed by atoms with van der Waals surface area (Å²) >= 11 is 0. The second-order valence-electron chi connectivity index (χ2n) is 4.94. The van der Waals surface area contributed by atoms with E-state index in [1.54, 1.807) is 6.92 Å². The first-order valence-electron chi connectivity index (χ1n) is 4.80. The molecular formula is C10H16O3. The second-order valence-corrected chi connectivity index (χ2v) is 4.94. The van der Waals surface area contributed by atoms with Crippen LogP contribution in [0.5, 0.6) is 0 Å². The summed E-state index contributed by atoms with van der Waals surface area (Å²) in [7, 11) is 0. The SMILES string of the molecule is CC(C)[C@]12C[C@H]1[C@](C)(O)[C@H](O)C2=O. The van der Waals surface area contributed by atoms with Gasteiger partial charge in [-0.15, -0.1) is 0 Å². The fourth-order valence-corrected chi connectivity index (χ4v) is 2.91. The van der Waals surface area contributed by atoms with Gasteiger partial charge in [-0.05, 0) is 19.3 Å². The van der Waals surface area contributed by atoms with Crippen molar-refractivity contribution in [3.05, 3.63) is 0 Å².